The third-order valence-corrected chi connectivity index (χ3v) is 6.42. The average molecular weight is 494 g/mol. The van der Waals surface area contributed by atoms with Crippen LogP contribution >= 0.6 is 39.3 Å². The highest BCUT2D eigenvalue weighted by atomic mass is 79.9. The number of hydrogen-bond donors (Lipinski definition) is 1. The van der Waals surface area contributed by atoms with E-state index >= 15 is 0 Å². The molecule has 4 rings (SSSR count). The molecule has 9 heteroatoms. The van der Waals surface area contributed by atoms with Gasteiger partial charge in [0.15, 0.2) is 0 Å². The van der Waals surface area contributed by atoms with Crippen LogP contribution in [-0.4, -0.2) is 40.1 Å². The lowest BCUT2D eigenvalue weighted by atomic mass is 10.2. The van der Waals surface area contributed by atoms with Crippen LogP contribution in [0.1, 0.15) is 0 Å². The number of aromatic nitrogens is 2. The van der Waals surface area contributed by atoms with Crippen LogP contribution in [0.5, 0.6) is 0 Å². The first-order valence-corrected chi connectivity index (χ1v) is 11.4. The zero-order chi connectivity index (χ0) is 20.4. The average Bonchev–Trinajstić information content (AvgIpc) is 2.71. The second kappa shape index (κ2) is 8.77. The summed E-state index contributed by atoms with van der Waals surface area (Å²) in [5, 5.41) is 3.87. The van der Waals surface area contributed by atoms with Gasteiger partial charge in [-0.2, -0.15) is 11.8 Å². The Kier molecular flexibility index (Phi) is 6.12. The molecule has 0 spiro atoms. The third kappa shape index (κ3) is 4.60. The van der Waals surface area contributed by atoms with Crippen molar-refractivity contribution in [2.75, 3.05) is 34.8 Å². The summed E-state index contributed by atoms with van der Waals surface area (Å²) in [6.07, 6.45) is 1.39. The Bertz CT molecular complexity index is 1130. The fraction of sp³-hybridized carbons (Fsp3) is 0.250. The molecule has 1 saturated heterocycles. The number of rotatable bonds is 4. The van der Waals surface area contributed by atoms with Crippen LogP contribution in [0.15, 0.2) is 52.0 Å². The summed E-state index contributed by atoms with van der Waals surface area (Å²) in [7, 11) is 0. The summed E-state index contributed by atoms with van der Waals surface area (Å²) in [6, 6.07) is 10.8. The van der Waals surface area contributed by atoms with Crippen molar-refractivity contribution < 1.29 is 4.79 Å². The molecule has 6 nitrogen and oxygen atoms in total. The van der Waals surface area contributed by atoms with E-state index < -0.39 is 0 Å². The maximum atomic E-state index is 12.6. The number of nitrogens with one attached hydrogen (secondary N) is 1. The predicted octanol–water partition coefficient (Wildman–Crippen LogP) is 4.00. The maximum absolute atomic E-state index is 12.6. The van der Waals surface area contributed by atoms with Crippen LogP contribution < -0.4 is 15.8 Å². The zero-order valence-corrected chi connectivity index (χ0v) is 18.6. The maximum Gasteiger partial charge on any atom is 0.261 e. The minimum atomic E-state index is -0.318. The SMILES string of the molecule is O=C(Cn1cnc2ccc(Br)cc2c1=O)Nc1ccc(N2CCSCC2)c(Cl)c1. The number of hydrogen-bond acceptors (Lipinski definition) is 5. The summed E-state index contributed by atoms with van der Waals surface area (Å²) in [5.74, 6) is 1.85. The number of halogens is 2. The van der Waals surface area contributed by atoms with E-state index in [1.807, 2.05) is 30.0 Å². The lowest BCUT2D eigenvalue weighted by Crippen LogP contribution is -2.32. The van der Waals surface area contributed by atoms with Gasteiger partial charge in [-0.05, 0) is 36.4 Å². The minimum absolute atomic E-state index is 0.128. The number of benzene rings is 2. The van der Waals surface area contributed by atoms with Gasteiger partial charge >= 0.3 is 0 Å². The van der Waals surface area contributed by atoms with Gasteiger partial charge in [0.2, 0.25) is 5.91 Å². The van der Waals surface area contributed by atoms with Gasteiger partial charge in [-0.1, -0.05) is 27.5 Å². The highest BCUT2D eigenvalue weighted by Crippen LogP contribution is 2.30. The Morgan fingerprint density at radius 1 is 1.21 bits per heavy atom. The molecule has 1 fully saturated rings. The molecule has 0 atom stereocenters. The lowest BCUT2D eigenvalue weighted by molar-refractivity contribution is -0.116. The van der Waals surface area contributed by atoms with Gasteiger partial charge in [0.1, 0.15) is 6.54 Å². The molecular weight excluding hydrogens is 476 g/mol. The number of anilines is 2. The number of carbonyl (C=O) groups excluding carboxylic acids is 1. The Labute approximate surface area is 185 Å². The zero-order valence-electron chi connectivity index (χ0n) is 15.4. The standard InChI is InChI=1S/C20H18BrClN4O2S/c21-13-1-3-17-15(9-13)20(28)26(12-23-17)11-19(27)24-14-2-4-18(16(22)10-14)25-5-7-29-8-6-25/h1-4,9-10,12H,5-8,11H2,(H,24,27). The Morgan fingerprint density at radius 3 is 2.76 bits per heavy atom. The molecule has 0 bridgehead atoms. The monoisotopic (exact) mass is 492 g/mol. The molecular formula is C20H18BrClN4O2S. The van der Waals surface area contributed by atoms with Gasteiger partial charge in [0, 0.05) is 34.8 Å². The Morgan fingerprint density at radius 2 is 2.00 bits per heavy atom. The predicted molar refractivity (Wildman–Crippen MR) is 123 cm³/mol. The molecule has 0 saturated carbocycles. The van der Waals surface area contributed by atoms with E-state index in [0.717, 1.165) is 34.8 Å². The summed E-state index contributed by atoms with van der Waals surface area (Å²) < 4.78 is 2.08. The Hall–Kier alpha value is -2.03. The van der Waals surface area contributed by atoms with Crippen molar-refractivity contribution in [2.45, 2.75) is 6.54 Å². The molecule has 1 aromatic heterocycles. The second-order valence-electron chi connectivity index (χ2n) is 6.65. The number of nitrogens with zero attached hydrogens (tertiary/aromatic N) is 3. The molecule has 0 aliphatic carbocycles. The van der Waals surface area contributed by atoms with Crippen molar-refractivity contribution in [1.82, 2.24) is 9.55 Å². The summed E-state index contributed by atoms with van der Waals surface area (Å²) in [5.41, 5.74) is 1.90. The molecule has 2 heterocycles. The van der Waals surface area contributed by atoms with Crippen LogP contribution in [0.25, 0.3) is 10.9 Å². The number of fused-ring (bicyclic) bond motifs is 1. The topological polar surface area (TPSA) is 67.2 Å². The van der Waals surface area contributed by atoms with Crippen LogP contribution in [0, 0.1) is 0 Å². The van der Waals surface area contributed by atoms with E-state index in [1.165, 1.54) is 10.9 Å². The van der Waals surface area contributed by atoms with Gasteiger partial charge in [-0.3, -0.25) is 14.2 Å². The van der Waals surface area contributed by atoms with E-state index in [9.17, 15) is 9.59 Å². The van der Waals surface area contributed by atoms with Crippen LogP contribution in [-0.2, 0) is 11.3 Å². The van der Waals surface area contributed by atoms with Crippen LogP contribution in [0.3, 0.4) is 0 Å². The smallest absolute Gasteiger partial charge is 0.261 e. The first kappa shape index (κ1) is 20.3. The number of carbonyl (C=O) groups is 1. The first-order valence-electron chi connectivity index (χ1n) is 9.08. The van der Waals surface area contributed by atoms with Crippen molar-refractivity contribution in [1.29, 1.82) is 0 Å². The summed E-state index contributed by atoms with van der Waals surface area (Å²) in [4.78, 5) is 31.6. The molecule has 2 aromatic carbocycles. The van der Waals surface area contributed by atoms with Gasteiger partial charge in [0.25, 0.3) is 5.56 Å². The third-order valence-electron chi connectivity index (χ3n) is 4.68. The van der Waals surface area contributed by atoms with Gasteiger partial charge in [-0.15, -0.1) is 0 Å². The van der Waals surface area contributed by atoms with Crippen molar-refractivity contribution in [3.8, 4) is 0 Å². The Balaban J connectivity index is 1.48. The number of thioether (sulfide) groups is 1. The minimum Gasteiger partial charge on any atom is -0.369 e. The van der Waals surface area contributed by atoms with E-state index in [-0.39, 0.29) is 18.0 Å². The van der Waals surface area contributed by atoms with Crippen LogP contribution in [0.4, 0.5) is 11.4 Å². The van der Waals surface area contributed by atoms with Crippen molar-refractivity contribution in [2.24, 2.45) is 0 Å². The highest BCUT2D eigenvalue weighted by Gasteiger charge is 2.15. The van der Waals surface area contributed by atoms with Gasteiger partial charge < -0.3 is 10.2 Å². The van der Waals surface area contributed by atoms with E-state index in [0.29, 0.717) is 21.6 Å². The number of amides is 1. The van der Waals surface area contributed by atoms with E-state index in [2.05, 4.69) is 31.1 Å². The molecule has 0 unspecified atom stereocenters. The largest absolute Gasteiger partial charge is 0.369 e. The molecule has 1 N–H and O–H groups in total. The molecule has 1 aliphatic heterocycles. The molecule has 29 heavy (non-hydrogen) atoms. The fourth-order valence-electron chi connectivity index (χ4n) is 3.24. The molecule has 1 amide bonds. The summed E-state index contributed by atoms with van der Waals surface area (Å²) in [6.45, 7) is 1.80. The van der Waals surface area contributed by atoms with E-state index in [1.54, 1.807) is 18.2 Å². The molecule has 3 aromatic rings. The molecule has 1 aliphatic rings. The first-order chi connectivity index (χ1) is 14.0. The van der Waals surface area contributed by atoms with Gasteiger partial charge in [0.05, 0.1) is 27.9 Å². The second-order valence-corrected chi connectivity index (χ2v) is 9.20. The van der Waals surface area contributed by atoms with Crippen molar-refractivity contribution in [3.63, 3.8) is 0 Å². The summed E-state index contributed by atoms with van der Waals surface area (Å²) >= 11 is 11.7. The highest BCUT2D eigenvalue weighted by molar-refractivity contribution is 9.10. The van der Waals surface area contributed by atoms with Crippen molar-refractivity contribution in [3.05, 3.63) is 62.6 Å². The van der Waals surface area contributed by atoms with E-state index in [4.69, 9.17) is 11.6 Å². The quantitative estimate of drug-likeness (QED) is 0.595. The normalized spacial score (nSPS) is 14.2. The molecule has 0 radical (unpaired) electrons. The fourth-order valence-corrected chi connectivity index (χ4v) is 4.81. The lowest BCUT2D eigenvalue weighted by Gasteiger charge is -2.29. The molecule has 150 valence electrons. The van der Waals surface area contributed by atoms with Crippen molar-refractivity contribution >= 4 is 67.5 Å². The van der Waals surface area contributed by atoms with Crippen LogP contribution in [0.2, 0.25) is 5.02 Å². The van der Waals surface area contributed by atoms with Gasteiger partial charge in [-0.25, -0.2) is 4.98 Å².